The van der Waals surface area contributed by atoms with Gasteiger partial charge >= 0.3 is 18.5 Å². The van der Waals surface area contributed by atoms with E-state index in [4.69, 9.17) is 0 Å². The van der Waals surface area contributed by atoms with Crippen LogP contribution in [-0.2, 0) is 50.6 Å². The first-order valence-corrected chi connectivity index (χ1v) is 36.1. The molecule has 10 heterocycles. The molecule has 0 fully saturated rings. The number of halogens is 12. The number of nitrogens with zero attached hydrogens (tertiary/aromatic N) is 5. The van der Waals surface area contributed by atoms with Crippen molar-refractivity contribution < 1.29 is 48.3 Å². The highest BCUT2D eigenvalue weighted by molar-refractivity contribution is 9.10. The number of fused-ring (bicyclic) bond motifs is 15. The van der Waals surface area contributed by atoms with Crippen molar-refractivity contribution in [2.24, 2.45) is 0 Å². The third kappa shape index (κ3) is 12.4. The van der Waals surface area contributed by atoms with E-state index in [1.54, 1.807) is 64.3 Å². The average molecular weight is 1530 g/mol. The second-order valence-corrected chi connectivity index (χ2v) is 29.6. The number of aromatic amines is 5. The lowest BCUT2D eigenvalue weighted by Crippen LogP contribution is -2.11. The molecule has 5 aromatic carbocycles. The summed E-state index contributed by atoms with van der Waals surface area (Å²) in [5.41, 5.74) is 17.9. The Kier molecular flexibility index (Phi) is 16.9. The summed E-state index contributed by atoms with van der Waals surface area (Å²) in [7, 11) is 0. The topological polar surface area (TPSA) is 155 Å². The van der Waals surface area contributed by atoms with Gasteiger partial charge in [0.2, 0.25) is 0 Å². The van der Waals surface area contributed by atoms with Crippen LogP contribution < -0.4 is 5.32 Å². The Morgan fingerprint density at radius 1 is 0.356 bits per heavy atom. The highest BCUT2D eigenvalue weighted by Gasteiger charge is 2.39. The predicted octanol–water partition coefficient (Wildman–Crippen LogP) is 22.7. The van der Waals surface area contributed by atoms with Crippen molar-refractivity contribution in [3.8, 4) is 101 Å². The Morgan fingerprint density at radius 2 is 0.743 bits per heavy atom. The summed E-state index contributed by atoms with van der Waals surface area (Å²) in [6, 6.07) is 38.7. The fraction of sp³-hybridized carbons (Fsp3) is 0.110. The van der Waals surface area contributed by atoms with Crippen molar-refractivity contribution in [2.75, 3.05) is 5.32 Å². The summed E-state index contributed by atoms with van der Waals surface area (Å²) < 4.78 is 145. The van der Waals surface area contributed by atoms with Gasteiger partial charge in [0.15, 0.2) is 5.82 Å². The van der Waals surface area contributed by atoms with Crippen molar-refractivity contribution in [1.29, 1.82) is 0 Å². The summed E-state index contributed by atoms with van der Waals surface area (Å²) in [5.74, 6) is 0.0272. The summed E-state index contributed by atoms with van der Waals surface area (Å²) in [6.07, 6.45) is -10.3. The first-order valence-electron chi connectivity index (χ1n) is 30.9. The molecule has 0 aliphatic heterocycles. The fourth-order valence-electron chi connectivity index (χ4n) is 13.1. The van der Waals surface area contributed by atoms with E-state index in [-0.39, 0.29) is 34.6 Å². The molecular weight excluding hydrogens is 1480 g/mol. The Labute approximate surface area is 594 Å². The van der Waals surface area contributed by atoms with E-state index in [0.29, 0.717) is 47.6 Å². The average Bonchev–Trinajstić information content (AvgIpc) is 1.24. The third-order valence-corrected chi connectivity index (χ3v) is 23.1. The molecule has 6 N–H and O–H groups in total. The molecule has 15 aromatic rings. The standard InChI is InChI=1S/C16H8F6N2S.C15H10F3N3S.C14H9BrN2S.2C14H9FN2S/c17-15(18,19)8-3-7(4-9(5-8)16(20,21)22)13-11-6-12-10(1-2-25-12)14(11)24-23-13;16-15(17,18)10-3-1-2-4-11(10)19-14-9-7-12-8(5-6-22-12)13(9)20-21-14;15-11-4-2-1-3-8(11)13-10-7-12-9(5-6-18-12)14(10)17-16-13;15-9-3-1-8(2-4-9)13-11-7-12-10(5-6-18-12)14(11)17-16-13;15-11-4-2-1-3-8(11)13-10-7-12-9(5-6-18-12)14(10)17-16-13/h1-5H,6H2,(H,23,24);1-6H,7H2,(H2,19,20,21);3*1-6H,7H2,(H,16,17). The third-order valence-electron chi connectivity index (χ3n) is 17.8. The minimum Gasteiger partial charge on any atom is -0.338 e. The maximum Gasteiger partial charge on any atom is 0.418 e. The Morgan fingerprint density at radius 3 is 1.24 bits per heavy atom. The monoisotopic (exact) mass is 1520 g/mol. The van der Waals surface area contributed by atoms with Gasteiger partial charge in [-0.05, 0) is 130 Å². The molecule has 20 rings (SSSR count). The summed E-state index contributed by atoms with van der Waals surface area (Å²) in [4.78, 5) is 6.33. The molecule has 11 nitrogen and oxygen atoms in total. The van der Waals surface area contributed by atoms with Crippen molar-refractivity contribution in [3.63, 3.8) is 0 Å². The van der Waals surface area contributed by atoms with Crippen molar-refractivity contribution in [1.82, 2.24) is 51.0 Å². The van der Waals surface area contributed by atoms with Crippen LogP contribution in [0.1, 0.15) is 68.9 Å². The second kappa shape index (κ2) is 26.0. The van der Waals surface area contributed by atoms with Crippen LogP contribution in [0, 0.1) is 11.6 Å². The highest BCUT2D eigenvalue weighted by atomic mass is 79.9. The second-order valence-electron chi connectivity index (χ2n) is 23.7. The number of hydrogen-bond donors (Lipinski definition) is 6. The SMILES string of the molecule is Brc1ccccc1-c1[nH]nc2c1Cc1sccc1-2.FC(F)(F)c1cc(-c2n[nH]c3c2Cc2sccc2-3)cc(C(F)(F)F)c1.FC(F)(F)c1ccccc1Nc1n[nH]c2c1Cc1sccc1-2.Fc1ccc(-c2n[nH]c3c2Cc2sccc2-3)cc1.Fc1ccccc1-c1[nH]nc2c1Cc1sccc1-2. The molecule has 0 saturated carbocycles. The highest BCUT2D eigenvalue weighted by Crippen LogP contribution is 2.49. The molecule has 0 spiro atoms. The Bertz CT molecular complexity index is 5450. The van der Waals surface area contributed by atoms with Gasteiger partial charge in [-0.3, -0.25) is 25.5 Å². The van der Waals surface area contributed by atoms with Crippen LogP contribution in [0.25, 0.3) is 101 Å². The van der Waals surface area contributed by atoms with E-state index in [2.05, 4.69) is 125 Å². The minimum absolute atomic E-state index is 0.0135. The molecular formula is C73H45BrF11N11S5. The smallest absolute Gasteiger partial charge is 0.338 e. The molecule has 5 aliphatic rings. The van der Waals surface area contributed by atoms with Crippen LogP contribution in [0.2, 0.25) is 0 Å². The van der Waals surface area contributed by atoms with Gasteiger partial charge in [0.25, 0.3) is 0 Å². The van der Waals surface area contributed by atoms with Crippen LogP contribution in [-0.4, -0.2) is 51.0 Å². The lowest BCUT2D eigenvalue weighted by molar-refractivity contribution is -0.143. The quantitative estimate of drug-likeness (QED) is 0.0911. The minimum atomic E-state index is -4.88. The number of H-pyrrole nitrogens is 5. The maximum absolute atomic E-state index is 13.8. The zero-order valence-electron chi connectivity index (χ0n) is 51.6. The van der Waals surface area contributed by atoms with Crippen LogP contribution in [0.4, 0.5) is 59.8 Å². The molecule has 0 saturated heterocycles. The maximum atomic E-state index is 13.8. The zero-order valence-corrected chi connectivity index (χ0v) is 57.3. The number of hydrogen-bond acceptors (Lipinski definition) is 11. The summed E-state index contributed by atoms with van der Waals surface area (Å²) in [6.45, 7) is 0. The molecule has 0 radical (unpaired) electrons. The number of aromatic nitrogens is 10. The predicted molar refractivity (Wildman–Crippen MR) is 378 cm³/mol. The van der Waals surface area contributed by atoms with Gasteiger partial charge in [0.05, 0.1) is 73.6 Å². The zero-order chi connectivity index (χ0) is 69.6. The van der Waals surface area contributed by atoms with Gasteiger partial charge in [-0.2, -0.15) is 65.0 Å². The van der Waals surface area contributed by atoms with E-state index >= 15 is 0 Å². The normalized spacial score (nSPS) is 13.0. The van der Waals surface area contributed by atoms with E-state index < -0.39 is 35.2 Å². The molecule has 10 aromatic heterocycles. The molecule has 0 atom stereocenters. The van der Waals surface area contributed by atoms with Gasteiger partial charge in [-0.25, -0.2) is 8.78 Å². The van der Waals surface area contributed by atoms with Crippen molar-refractivity contribution in [3.05, 3.63) is 257 Å². The largest absolute Gasteiger partial charge is 0.418 e. The fourth-order valence-corrected chi connectivity index (χ4v) is 18.0. The number of anilines is 2. The molecule has 0 bridgehead atoms. The van der Waals surface area contributed by atoms with Gasteiger partial charge in [-0.1, -0.05) is 58.4 Å². The first-order chi connectivity index (χ1) is 48.7. The molecule has 28 heteroatoms. The Balaban J connectivity index is 0.0000000985. The molecule has 0 amide bonds. The Hall–Kier alpha value is -9.84. The van der Waals surface area contributed by atoms with Gasteiger partial charge in [0.1, 0.15) is 11.6 Å². The van der Waals surface area contributed by atoms with Crippen LogP contribution in [0.5, 0.6) is 0 Å². The van der Waals surface area contributed by atoms with Crippen molar-refractivity contribution in [2.45, 2.75) is 50.6 Å². The van der Waals surface area contributed by atoms with E-state index in [1.807, 2.05) is 46.4 Å². The van der Waals surface area contributed by atoms with Crippen LogP contribution in [0.3, 0.4) is 0 Å². The van der Waals surface area contributed by atoms with Crippen molar-refractivity contribution >= 4 is 84.1 Å². The number of rotatable bonds is 6. The van der Waals surface area contributed by atoms with Crippen LogP contribution in [0.15, 0.2) is 177 Å². The van der Waals surface area contributed by atoms with Gasteiger partial charge in [-0.15, -0.1) is 56.7 Å². The summed E-state index contributed by atoms with van der Waals surface area (Å²) in [5, 5.41) is 49.3. The molecule has 0 unspecified atom stereocenters. The number of para-hydroxylation sites is 1. The lowest BCUT2D eigenvalue weighted by atomic mass is 10.00. The number of benzene rings is 5. The number of alkyl halides is 9. The molecule has 101 heavy (non-hydrogen) atoms. The van der Waals surface area contributed by atoms with E-state index in [0.717, 1.165) is 102 Å². The first kappa shape index (κ1) is 65.8. The number of nitrogens with one attached hydrogen (secondary N) is 6. The van der Waals surface area contributed by atoms with Gasteiger partial charge < -0.3 is 5.32 Å². The van der Waals surface area contributed by atoms with Gasteiger partial charge in [0, 0.05) is 139 Å². The van der Waals surface area contributed by atoms with E-state index in [1.165, 1.54) is 94.6 Å². The molecule has 506 valence electrons. The lowest BCUT2D eigenvalue weighted by Gasteiger charge is -2.14. The number of thiophene rings is 5. The summed E-state index contributed by atoms with van der Waals surface area (Å²) >= 11 is 12.1. The van der Waals surface area contributed by atoms with Crippen LogP contribution >= 0.6 is 72.6 Å². The van der Waals surface area contributed by atoms with E-state index in [9.17, 15) is 48.3 Å². The molecule has 5 aliphatic carbocycles.